The van der Waals surface area contributed by atoms with Crippen LogP contribution in [0.5, 0.6) is 0 Å². The molecule has 1 amide bonds. The van der Waals surface area contributed by atoms with E-state index in [0.717, 1.165) is 49.3 Å². The summed E-state index contributed by atoms with van der Waals surface area (Å²) < 4.78 is 38.8. The first-order valence-corrected chi connectivity index (χ1v) is 9.74. The molecule has 0 radical (unpaired) electrons. The van der Waals surface area contributed by atoms with Gasteiger partial charge in [-0.05, 0) is 25.0 Å². The van der Waals surface area contributed by atoms with Gasteiger partial charge in [-0.1, -0.05) is 25.0 Å². The summed E-state index contributed by atoms with van der Waals surface area (Å²) in [6.07, 6.45) is 5.28. The SMILES string of the molecule is CS(=O)(=O)N(CCC(=O)N1CCCCCC1)c1ccccc1F. The van der Waals surface area contributed by atoms with Crippen molar-refractivity contribution in [2.45, 2.75) is 32.1 Å². The van der Waals surface area contributed by atoms with Crippen molar-refractivity contribution in [2.24, 2.45) is 0 Å². The second-order valence-corrected chi connectivity index (χ2v) is 7.74. The van der Waals surface area contributed by atoms with Gasteiger partial charge in [0.2, 0.25) is 15.9 Å². The number of likely N-dealkylation sites (tertiary alicyclic amines) is 1. The molecular weight excluding hydrogens is 319 g/mol. The Morgan fingerprint density at radius 3 is 2.35 bits per heavy atom. The number of sulfonamides is 1. The predicted octanol–water partition coefficient (Wildman–Crippen LogP) is 2.38. The third-order valence-electron chi connectivity index (χ3n) is 4.01. The van der Waals surface area contributed by atoms with E-state index in [1.165, 1.54) is 18.2 Å². The Bertz CT molecular complexity index is 640. The van der Waals surface area contributed by atoms with Gasteiger partial charge in [0, 0.05) is 26.1 Å². The van der Waals surface area contributed by atoms with Gasteiger partial charge in [0.05, 0.1) is 11.9 Å². The molecule has 1 fully saturated rings. The van der Waals surface area contributed by atoms with Crippen LogP contribution in [-0.4, -0.2) is 45.1 Å². The van der Waals surface area contributed by atoms with Gasteiger partial charge in [0.1, 0.15) is 5.82 Å². The minimum Gasteiger partial charge on any atom is -0.343 e. The summed E-state index contributed by atoms with van der Waals surface area (Å²) in [7, 11) is -3.65. The largest absolute Gasteiger partial charge is 0.343 e. The summed E-state index contributed by atoms with van der Waals surface area (Å²) in [4.78, 5) is 14.1. The van der Waals surface area contributed by atoms with Crippen molar-refractivity contribution in [1.29, 1.82) is 0 Å². The lowest BCUT2D eigenvalue weighted by atomic mass is 10.2. The Kier molecular flexibility index (Phi) is 5.98. The van der Waals surface area contributed by atoms with Crippen LogP contribution < -0.4 is 4.31 Å². The van der Waals surface area contributed by atoms with Gasteiger partial charge >= 0.3 is 0 Å². The molecule has 23 heavy (non-hydrogen) atoms. The van der Waals surface area contributed by atoms with Crippen LogP contribution in [0.4, 0.5) is 10.1 Å². The first kappa shape index (κ1) is 17.7. The maximum absolute atomic E-state index is 13.9. The zero-order valence-electron chi connectivity index (χ0n) is 13.4. The second-order valence-electron chi connectivity index (χ2n) is 5.83. The Morgan fingerprint density at radius 1 is 1.17 bits per heavy atom. The molecule has 0 aromatic heterocycles. The number of anilines is 1. The average molecular weight is 342 g/mol. The maximum Gasteiger partial charge on any atom is 0.232 e. The van der Waals surface area contributed by atoms with Gasteiger partial charge in [-0.2, -0.15) is 0 Å². The molecule has 7 heteroatoms. The number of hydrogen-bond donors (Lipinski definition) is 0. The average Bonchev–Trinajstić information content (AvgIpc) is 2.77. The third-order valence-corrected chi connectivity index (χ3v) is 5.19. The lowest BCUT2D eigenvalue weighted by molar-refractivity contribution is -0.130. The summed E-state index contributed by atoms with van der Waals surface area (Å²) in [6.45, 7) is 1.39. The zero-order chi connectivity index (χ0) is 16.9. The van der Waals surface area contributed by atoms with Crippen LogP contribution in [0.15, 0.2) is 24.3 Å². The van der Waals surface area contributed by atoms with Crippen molar-refractivity contribution in [3.63, 3.8) is 0 Å². The van der Waals surface area contributed by atoms with Crippen molar-refractivity contribution >= 4 is 21.6 Å². The summed E-state index contributed by atoms with van der Waals surface area (Å²) in [5.74, 6) is -0.683. The molecule has 1 aliphatic heterocycles. The van der Waals surface area contributed by atoms with E-state index >= 15 is 0 Å². The van der Waals surface area contributed by atoms with Crippen molar-refractivity contribution < 1.29 is 17.6 Å². The summed E-state index contributed by atoms with van der Waals surface area (Å²) in [5, 5.41) is 0. The lowest BCUT2D eigenvalue weighted by Gasteiger charge is -2.25. The van der Waals surface area contributed by atoms with Gasteiger partial charge in [-0.25, -0.2) is 12.8 Å². The fourth-order valence-corrected chi connectivity index (χ4v) is 3.72. The van der Waals surface area contributed by atoms with Gasteiger partial charge in [0.15, 0.2) is 0 Å². The Hall–Kier alpha value is -1.63. The summed E-state index contributed by atoms with van der Waals surface area (Å²) >= 11 is 0. The van der Waals surface area contributed by atoms with Crippen molar-refractivity contribution in [2.75, 3.05) is 30.2 Å². The van der Waals surface area contributed by atoms with E-state index in [1.54, 1.807) is 11.0 Å². The number of hydrogen-bond acceptors (Lipinski definition) is 3. The van der Waals surface area contributed by atoms with E-state index in [9.17, 15) is 17.6 Å². The molecule has 1 aromatic rings. The molecule has 128 valence electrons. The zero-order valence-corrected chi connectivity index (χ0v) is 14.2. The first-order valence-electron chi connectivity index (χ1n) is 7.89. The number of carbonyl (C=O) groups is 1. The van der Waals surface area contributed by atoms with E-state index in [-0.39, 0.29) is 24.6 Å². The highest BCUT2D eigenvalue weighted by molar-refractivity contribution is 7.92. The number of rotatable bonds is 5. The number of para-hydroxylation sites is 1. The molecule has 1 aliphatic rings. The first-order chi connectivity index (χ1) is 10.9. The van der Waals surface area contributed by atoms with Crippen molar-refractivity contribution in [3.05, 3.63) is 30.1 Å². The van der Waals surface area contributed by atoms with Gasteiger partial charge < -0.3 is 4.90 Å². The number of halogens is 1. The fraction of sp³-hybridized carbons (Fsp3) is 0.562. The lowest BCUT2D eigenvalue weighted by Crippen LogP contribution is -2.37. The molecule has 0 atom stereocenters. The fourth-order valence-electron chi connectivity index (χ4n) is 2.79. The minimum absolute atomic E-state index is 0.0151. The van der Waals surface area contributed by atoms with Gasteiger partial charge in [-0.15, -0.1) is 0 Å². The van der Waals surface area contributed by atoms with E-state index in [2.05, 4.69) is 0 Å². The molecule has 2 rings (SSSR count). The van der Waals surface area contributed by atoms with E-state index in [1.807, 2.05) is 0 Å². The molecule has 0 bridgehead atoms. The van der Waals surface area contributed by atoms with Crippen LogP contribution in [0.25, 0.3) is 0 Å². The van der Waals surface area contributed by atoms with E-state index < -0.39 is 15.8 Å². The van der Waals surface area contributed by atoms with Crippen LogP contribution in [0.2, 0.25) is 0 Å². The summed E-state index contributed by atoms with van der Waals surface area (Å²) in [5.41, 5.74) is -0.0151. The highest BCUT2D eigenvalue weighted by atomic mass is 32.2. The quantitative estimate of drug-likeness (QED) is 0.825. The van der Waals surface area contributed by atoms with Crippen LogP contribution in [0.1, 0.15) is 32.1 Å². The molecule has 0 spiro atoms. The highest BCUT2D eigenvalue weighted by Crippen LogP contribution is 2.22. The smallest absolute Gasteiger partial charge is 0.232 e. The highest BCUT2D eigenvalue weighted by Gasteiger charge is 2.23. The summed E-state index contributed by atoms with van der Waals surface area (Å²) in [6, 6.07) is 5.70. The van der Waals surface area contributed by atoms with Crippen LogP contribution >= 0.6 is 0 Å². The minimum atomic E-state index is -3.65. The Balaban J connectivity index is 2.07. The van der Waals surface area contributed by atoms with Crippen LogP contribution in [0.3, 0.4) is 0 Å². The Morgan fingerprint density at radius 2 is 1.78 bits per heavy atom. The molecule has 0 N–H and O–H groups in total. The molecule has 1 saturated heterocycles. The number of carbonyl (C=O) groups excluding carboxylic acids is 1. The topological polar surface area (TPSA) is 57.7 Å². The van der Waals surface area contributed by atoms with E-state index in [4.69, 9.17) is 0 Å². The molecular formula is C16H23FN2O3S. The third kappa shape index (κ3) is 4.92. The molecule has 0 saturated carbocycles. The maximum atomic E-state index is 13.9. The van der Waals surface area contributed by atoms with E-state index in [0.29, 0.717) is 0 Å². The van der Waals surface area contributed by atoms with Crippen LogP contribution in [0, 0.1) is 5.82 Å². The van der Waals surface area contributed by atoms with Gasteiger partial charge in [0.25, 0.3) is 0 Å². The van der Waals surface area contributed by atoms with Crippen LogP contribution in [-0.2, 0) is 14.8 Å². The standard InChI is InChI=1S/C16H23FN2O3S/c1-23(21,22)19(15-9-5-4-8-14(15)17)13-10-16(20)18-11-6-2-3-7-12-18/h4-5,8-9H,2-3,6-7,10-13H2,1H3. The second kappa shape index (κ2) is 7.77. The number of amides is 1. The van der Waals surface area contributed by atoms with Crippen molar-refractivity contribution in [3.8, 4) is 0 Å². The molecule has 1 aromatic carbocycles. The molecule has 5 nitrogen and oxygen atoms in total. The Labute approximate surface area is 137 Å². The molecule has 1 heterocycles. The molecule has 0 aliphatic carbocycles. The number of nitrogens with zero attached hydrogens (tertiary/aromatic N) is 2. The van der Waals surface area contributed by atoms with Crippen molar-refractivity contribution in [1.82, 2.24) is 4.90 Å². The molecule has 0 unspecified atom stereocenters. The number of benzene rings is 1. The predicted molar refractivity (Wildman–Crippen MR) is 88.3 cm³/mol. The monoisotopic (exact) mass is 342 g/mol. The van der Waals surface area contributed by atoms with Gasteiger partial charge in [-0.3, -0.25) is 9.10 Å². The normalized spacial score (nSPS) is 16.0.